The number of benzene rings is 2. The first-order valence-corrected chi connectivity index (χ1v) is 10.3. The van der Waals surface area contributed by atoms with Gasteiger partial charge in [0.25, 0.3) is 5.91 Å². The first-order chi connectivity index (χ1) is 14.0. The molecule has 3 N–H and O–H groups in total. The lowest BCUT2D eigenvalue weighted by Crippen LogP contribution is -2.46. The Balaban J connectivity index is 1.51. The molecule has 0 spiro atoms. The smallest absolute Gasteiger partial charge is 0.263 e. The van der Waals surface area contributed by atoms with Gasteiger partial charge in [-0.2, -0.15) is 0 Å². The van der Waals surface area contributed by atoms with E-state index in [0.29, 0.717) is 25.2 Å². The van der Waals surface area contributed by atoms with Gasteiger partial charge in [-0.3, -0.25) is 9.69 Å². The van der Waals surface area contributed by atoms with Crippen LogP contribution in [0.3, 0.4) is 0 Å². The van der Waals surface area contributed by atoms with E-state index in [1.165, 1.54) is 0 Å². The molecule has 2 aromatic carbocycles. The number of amides is 1. The van der Waals surface area contributed by atoms with Crippen molar-refractivity contribution in [2.45, 2.75) is 37.5 Å². The molecular weight excluding hydrogens is 366 g/mol. The van der Waals surface area contributed by atoms with Crippen LogP contribution < -0.4 is 10.5 Å². The number of carbonyl (C=O) groups excluding carboxylic acids is 1. The van der Waals surface area contributed by atoms with Crippen LogP contribution in [0, 0.1) is 0 Å². The van der Waals surface area contributed by atoms with Crippen LogP contribution in [0.4, 0.5) is 5.69 Å². The topological polar surface area (TPSA) is 79.0 Å². The summed E-state index contributed by atoms with van der Waals surface area (Å²) in [7, 11) is 1.86. The first-order valence-electron chi connectivity index (χ1n) is 10.3. The zero-order chi connectivity index (χ0) is 20.4. The van der Waals surface area contributed by atoms with Gasteiger partial charge in [0.2, 0.25) is 0 Å². The van der Waals surface area contributed by atoms with E-state index in [4.69, 9.17) is 10.5 Å². The maximum Gasteiger partial charge on any atom is 0.263 e. The lowest BCUT2D eigenvalue weighted by atomic mass is 9.99. The largest absolute Gasteiger partial charge is 0.480 e. The predicted molar refractivity (Wildman–Crippen MR) is 113 cm³/mol. The Hall–Kier alpha value is -2.57. The molecule has 29 heavy (non-hydrogen) atoms. The Morgan fingerprint density at radius 1 is 1.28 bits per heavy atom. The standard InChI is InChI=1S/C23H29N3O3/c1-25(23(28)22-9-7-17-13-18(24)8-10-21(17)29-22)20(16-5-3-2-4-6-16)15-26-12-11-19(27)14-26/h2-6,8,10,13,19-20,22,27H,7,9,11-12,14-15,24H2,1H3/t19-,20?,22?/m0/s1. The maximum atomic E-state index is 13.3. The molecule has 2 aromatic rings. The van der Waals surface area contributed by atoms with Gasteiger partial charge in [0.05, 0.1) is 12.1 Å². The van der Waals surface area contributed by atoms with Crippen LogP contribution in [0.25, 0.3) is 0 Å². The highest BCUT2D eigenvalue weighted by Gasteiger charge is 2.34. The van der Waals surface area contributed by atoms with Crippen molar-refractivity contribution in [3.8, 4) is 5.75 Å². The number of likely N-dealkylation sites (N-methyl/N-ethyl adjacent to an activating group) is 1. The normalized spacial score (nSPS) is 22.6. The van der Waals surface area contributed by atoms with Gasteiger partial charge in [0, 0.05) is 32.4 Å². The van der Waals surface area contributed by atoms with Gasteiger partial charge in [-0.1, -0.05) is 30.3 Å². The molecule has 6 nitrogen and oxygen atoms in total. The number of carbonyl (C=O) groups is 1. The summed E-state index contributed by atoms with van der Waals surface area (Å²) in [5, 5.41) is 9.90. The average molecular weight is 396 g/mol. The Labute approximate surface area is 171 Å². The minimum atomic E-state index is -0.494. The number of β-amino-alcohol motifs (C(OH)–C–C–N with tert-alkyl or cyclic N) is 1. The van der Waals surface area contributed by atoms with Gasteiger partial charge in [-0.05, 0) is 48.6 Å². The van der Waals surface area contributed by atoms with Crippen molar-refractivity contribution in [2.75, 3.05) is 32.4 Å². The van der Waals surface area contributed by atoms with E-state index >= 15 is 0 Å². The highest BCUT2D eigenvalue weighted by molar-refractivity contribution is 5.82. The van der Waals surface area contributed by atoms with Crippen molar-refractivity contribution in [1.29, 1.82) is 0 Å². The summed E-state index contributed by atoms with van der Waals surface area (Å²) in [5.41, 5.74) is 8.73. The van der Waals surface area contributed by atoms with Crippen molar-refractivity contribution in [2.24, 2.45) is 0 Å². The number of aliphatic hydroxyl groups excluding tert-OH is 1. The Kier molecular flexibility index (Phi) is 5.74. The SMILES string of the molecule is CN(C(=O)C1CCc2cc(N)ccc2O1)C(CN1CC[C@H](O)C1)c1ccccc1. The molecule has 1 fully saturated rings. The van der Waals surface area contributed by atoms with E-state index in [1.54, 1.807) is 6.07 Å². The summed E-state index contributed by atoms with van der Waals surface area (Å²) < 4.78 is 6.04. The number of anilines is 1. The zero-order valence-electron chi connectivity index (χ0n) is 16.8. The number of nitrogens with two attached hydrogens (primary N) is 1. The summed E-state index contributed by atoms with van der Waals surface area (Å²) in [5.74, 6) is 0.734. The number of nitrogens with zero attached hydrogens (tertiary/aromatic N) is 2. The van der Waals surface area contributed by atoms with Gasteiger partial charge in [-0.25, -0.2) is 0 Å². The van der Waals surface area contributed by atoms with E-state index in [1.807, 2.05) is 42.3 Å². The fourth-order valence-electron chi connectivity index (χ4n) is 4.31. The minimum Gasteiger partial charge on any atom is -0.480 e. The van der Waals surface area contributed by atoms with Crippen molar-refractivity contribution >= 4 is 11.6 Å². The molecule has 4 rings (SSSR count). The average Bonchev–Trinajstić information content (AvgIpc) is 3.16. The molecule has 1 saturated heterocycles. The number of aliphatic hydroxyl groups is 1. The van der Waals surface area contributed by atoms with Crippen LogP contribution in [0.15, 0.2) is 48.5 Å². The molecule has 0 saturated carbocycles. The molecule has 2 heterocycles. The van der Waals surface area contributed by atoms with E-state index in [9.17, 15) is 9.90 Å². The maximum absolute atomic E-state index is 13.3. The Bertz CT molecular complexity index is 858. The Morgan fingerprint density at radius 3 is 2.79 bits per heavy atom. The lowest BCUT2D eigenvalue weighted by Gasteiger charge is -2.35. The van der Waals surface area contributed by atoms with Crippen molar-refractivity contribution in [3.05, 3.63) is 59.7 Å². The molecular formula is C23H29N3O3. The molecule has 154 valence electrons. The van der Waals surface area contributed by atoms with Crippen LogP contribution in [0.1, 0.15) is 30.0 Å². The molecule has 0 aromatic heterocycles. The summed E-state index contributed by atoms with van der Waals surface area (Å²) in [4.78, 5) is 17.4. The number of hydrogen-bond donors (Lipinski definition) is 2. The number of nitrogen functional groups attached to an aromatic ring is 1. The molecule has 2 unspecified atom stereocenters. The minimum absolute atomic E-state index is 0.0129. The zero-order valence-corrected chi connectivity index (χ0v) is 16.8. The van der Waals surface area contributed by atoms with E-state index in [-0.39, 0.29) is 18.1 Å². The van der Waals surface area contributed by atoms with Gasteiger partial charge < -0.3 is 20.5 Å². The number of hydrogen-bond acceptors (Lipinski definition) is 5. The summed E-state index contributed by atoms with van der Waals surface area (Å²) >= 11 is 0. The van der Waals surface area contributed by atoms with Gasteiger partial charge in [0.15, 0.2) is 6.10 Å². The highest BCUT2D eigenvalue weighted by atomic mass is 16.5. The molecule has 0 bridgehead atoms. The van der Waals surface area contributed by atoms with Crippen LogP contribution in [0.5, 0.6) is 5.75 Å². The second-order valence-corrected chi connectivity index (χ2v) is 8.09. The molecule has 3 atom stereocenters. The molecule has 2 aliphatic heterocycles. The predicted octanol–water partition coefficient (Wildman–Crippen LogP) is 2.23. The third-order valence-electron chi connectivity index (χ3n) is 5.98. The van der Waals surface area contributed by atoms with Crippen molar-refractivity contribution < 1.29 is 14.6 Å². The molecule has 0 radical (unpaired) electrons. The number of ether oxygens (including phenoxy) is 1. The molecule has 6 heteroatoms. The number of fused-ring (bicyclic) bond motifs is 1. The summed E-state index contributed by atoms with van der Waals surface area (Å²) in [6, 6.07) is 15.6. The fourth-order valence-corrected chi connectivity index (χ4v) is 4.31. The lowest BCUT2D eigenvalue weighted by molar-refractivity contribution is -0.140. The highest BCUT2D eigenvalue weighted by Crippen LogP contribution is 2.31. The number of rotatable bonds is 5. The van der Waals surface area contributed by atoms with Gasteiger partial charge in [-0.15, -0.1) is 0 Å². The van der Waals surface area contributed by atoms with Crippen LogP contribution >= 0.6 is 0 Å². The second-order valence-electron chi connectivity index (χ2n) is 8.09. The van der Waals surface area contributed by atoms with E-state index in [0.717, 1.165) is 36.3 Å². The third kappa shape index (κ3) is 4.38. The van der Waals surface area contributed by atoms with Crippen molar-refractivity contribution in [1.82, 2.24) is 9.80 Å². The summed E-state index contributed by atoms with van der Waals surface area (Å²) in [6.45, 7) is 2.20. The van der Waals surface area contributed by atoms with Crippen LogP contribution in [-0.4, -0.2) is 59.7 Å². The number of aryl methyl sites for hydroxylation is 1. The van der Waals surface area contributed by atoms with E-state index < -0.39 is 6.10 Å². The summed E-state index contributed by atoms with van der Waals surface area (Å²) in [6.07, 6.45) is 1.43. The fraction of sp³-hybridized carbons (Fsp3) is 0.435. The van der Waals surface area contributed by atoms with Gasteiger partial charge >= 0.3 is 0 Å². The second kappa shape index (κ2) is 8.43. The molecule has 2 aliphatic rings. The molecule has 1 amide bonds. The van der Waals surface area contributed by atoms with Crippen LogP contribution in [-0.2, 0) is 11.2 Å². The first kappa shape index (κ1) is 19.7. The monoisotopic (exact) mass is 395 g/mol. The van der Waals surface area contributed by atoms with Gasteiger partial charge in [0.1, 0.15) is 5.75 Å². The number of likely N-dealkylation sites (tertiary alicyclic amines) is 1. The molecule has 0 aliphatic carbocycles. The third-order valence-corrected chi connectivity index (χ3v) is 5.98. The van der Waals surface area contributed by atoms with E-state index in [2.05, 4.69) is 17.0 Å². The Morgan fingerprint density at radius 2 is 2.07 bits per heavy atom. The quantitative estimate of drug-likeness (QED) is 0.759. The van der Waals surface area contributed by atoms with Crippen molar-refractivity contribution in [3.63, 3.8) is 0 Å². The van der Waals surface area contributed by atoms with Crippen LogP contribution in [0.2, 0.25) is 0 Å².